The summed E-state index contributed by atoms with van der Waals surface area (Å²) >= 11 is 0. The zero-order chi connectivity index (χ0) is 12.0. The molecule has 0 atom stereocenters. The molecule has 0 bridgehead atoms. The average molecular weight is 217 g/mol. The summed E-state index contributed by atoms with van der Waals surface area (Å²) < 4.78 is 0. The van der Waals surface area contributed by atoms with Crippen LogP contribution in [0.3, 0.4) is 0 Å². The minimum atomic E-state index is 0.239. The molecule has 1 aliphatic carbocycles. The summed E-state index contributed by atoms with van der Waals surface area (Å²) in [7, 11) is 0. The fraction of sp³-hybridized carbons (Fsp3) is 0.600. The number of nitrogens with two attached hydrogens (primary N) is 1. The highest BCUT2D eigenvalue weighted by Crippen LogP contribution is 2.48. The van der Waals surface area contributed by atoms with Crippen molar-refractivity contribution >= 4 is 0 Å². The number of rotatable bonds is 2. The van der Waals surface area contributed by atoms with Gasteiger partial charge in [0.1, 0.15) is 0 Å². The van der Waals surface area contributed by atoms with Crippen molar-refractivity contribution in [1.29, 1.82) is 0 Å². The standard InChI is InChI=1S/C15H23N/c1-11-9-12(14(2,3)4)5-6-13(11)15(10-16)7-8-15/h5-6,9H,7-8,10,16H2,1-4H3. The molecule has 1 aliphatic rings. The molecular formula is C15H23N. The first kappa shape index (κ1) is 11.7. The highest BCUT2D eigenvalue weighted by atomic mass is 14.7. The lowest BCUT2D eigenvalue weighted by Crippen LogP contribution is -2.21. The zero-order valence-corrected chi connectivity index (χ0v) is 10.9. The van der Waals surface area contributed by atoms with Crippen molar-refractivity contribution in [3.05, 3.63) is 34.9 Å². The van der Waals surface area contributed by atoms with E-state index in [1.54, 1.807) is 0 Å². The Balaban J connectivity index is 2.38. The van der Waals surface area contributed by atoms with E-state index in [0.717, 1.165) is 6.54 Å². The molecule has 0 radical (unpaired) electrons. The lowest BCUT2D eigenvalue weighted by Gasteiger charge is -2.23. The lowest BCUT2D eigenvalue weighted by atomic mass is 9.83. The molecule has 2 rings (SSSR count). The van der Waals surface area contributed by atoms with Gasteiger partial charge in [0.2, 0.25) is 0 Å². The molecule has 0 aromatic heterocycles. The average Bonchev–Trinajstić information content (AvgIpc) is 2.97. The summed E-state index contributed by atoms with van der Waals surface area (Å²) in [4.78, 5) is 0. The molecule has 1 heteroatoms. The molecule has 1 nitrogen and oxygen atoms in total. The summed E-state index contributed by atoms with van der Waals surface area (Å²) in [6, 6.07) is 6.92. The van der Waals surface area contributed by atoms with Gasteiger partial charge in [0.25, 0.3) is 0 Å². The molecule has 1 aromatic rings. The van der Waals surface area contributed by atoms with Gasteiger partial charge >= 0.3 is 0 Å². The third kappa shape index (κ3) is 1.89. The number of aryl methyl sites for hydroxylation is 1. The summed E-state index contributed by atoms with van der Waals surface area (Å²) in [5.74, 6) is 0. The van der Waals surface area contributed by atoms with Gasteiger partial charge < -0.3 is 5.73 Å². The van der Waals surface area contributed by atoms with Gasteiger partial charge in [-0.05, 0) is 41.9 Å². The molecular weight excluding hydrogens is 194 g/mol. The molecule has 1 fully saturated rings. The van der Waals surface area contributed by atoms with Gasteiger partial charge in [-0.15, -0.1) is 0 Å². The molecule has 0 heterocycles. The number of benzene rings is 1. The molecule has 0 spiro atoms. The molecule has 2 N–H and O–H groups in total. The van der Waals surface area contributed by atoms with Crippen LogP contribution in [0.1, 0.15) is 50.3 Å². The predicted octanol–water partition coefficient (Wildman–Crippen LogP) is 3.28. The largest absolute Gasteiger partial charge is 0.330 e. The first-order valence-electron chi connectivity index (χ1n) is 6.21. The Hall–Kier alpha value is -0.820. The predicted molar refractivity (Wildman–Crippen MR) is 69.8 cm³/mol. The van der Waals surface area contributed by atoms with Crippen molar-refractivity contribution in [3.63, 3.8) is 0 Å². The highest BCUT2D eigenvalue weighted by Gasteiger charge is 2.43. The van der Waals surface area contributed by atoms with Crippen LogP contribution in [0.2, 0.25) is 0 Å². The first-order chi connectivity index (χ1) is 7.39. The molecule has 0 unspecified atom stereocenters. The Labute approximate surface area is 99.0 Å². The lowest BCUT2D eigenvalue weighted by molar-refractivity contribution is 0.588. The molecule has 88 valence electrons. The van der Waals surface area contributed by atoms with E-state index in [1.165, 1.54) is 29.5 Å². The van der Waals surface area contributed by atoms with E-state index in [-0.39, 0.29) is 5.41 Å². The van der Waals surface area contributed by atoms with E-state index in [1.807, 2.05) is 0 Å². The summed E-state index contributed by atoms with van der Waals surface area (Å²) in [5.41, 5.74) is 10.8. The normalized spacial score (nSPS) is 18.6. The fourth-order valence-corrected chi connectivity index (χ4v) is 2.46. The Kier molecular flexibility index (Phi) is 2.62. The van der Waals surface area contributed by atoms with E-state index in [9.17, 15) is 0 Å². The molecule has 0 amide bonds. The van der Waals surface area contributed by atoms with Crippen LogP contribution in [0.25, 0.3) is 0 Å². The zero-order valence-electron chi connectivity index (χ0n) is 10.9. The van der Waals surface area contributed by atoms with Crippen molar-refractivity contribution < 1.29 is 0 Å². The van der Waals surface area contributed by atoms with E-state index in [4.69, 9.17) is 5.73 Å². The Bertz CT molecular complexity index is 394. The maximum absolute atomic E-state index is 5.89. The first-order valence-corrected chi connectivity index (χ1v) is 6.21. The van der Waals surface area contributed by atoms with Crippen LogP contribution < -0.4 is 5.73 Å². The number of hydrogen-bond donors (Lipinski definition) is 1. The Morgan fingerprint density at radius 2 is 1.88 bits per heavy atom. The minimum absolute atomic E-state index is 0.239. The van der Waals surface area contributed by atoms with Crippen LogP contribution in [0.4, 0.5) is 0 Å². The molecule has 1 aromatic carbocycles. The van der Waals surface area contributed by atoms with Gasteiger partial charge in [-0.1, -0.05) is 39.0 Å². The van der Waals surface area contributed by atoms with Crippen LogP contribution >= 0.6 is 0 Å². The highest BCUT2D eigenvalue weighted by molar-refractivity contribution is 5.42. The van der Waals surface area contributed by atoms with Crippen molar-refractivity contribution in [1.82, 2.24) is 0 Å². The van der Waals surface area contributed by atoms with Gasteiger partial charge in [0.05, 0.1) is 0 Å². The third-order valence-electron chi connectivity index (χ3n) is 3.91. The van der Waals surface area contributed by atoms with Crippen molar-refractivity contribution in [2.75, 3.05) is 6.54 Å². The quantitative estimate of drug-likeness (QED) is 0.808. The molecule has 16 heavy (non-hydrogen) atoms. The SMILES string of the molecule is Cc1cc(C(C)(C)C)ccc1C1(CN)CC1. The fourth-order valence-electron chi connectivity index (χ4n) is 2.46. The maximum atomic E-state index is 5.89. The topological polar surface area (TPSA) is 26.0 Å². The third-order valence-corrected chi connectivity index (χ3v) is 3.91. The maximum Gasteiger partial charge on any atom is 0.00788 e. The Morgan fingerprint density at radius 3 is 2.25 bits per heavy atom. The van der Waals surface area contributed by atoms with Crippen molar-refractivity contribution in [2.24, 2.45) is 5.73 Å². The molecule has 0 aliphatic heterocycles. The second-order valence-electron chi connectivity index (χ2n) is 6.26. The second kappa shape index (κ2) is 3.59. The van der Waals surface area contributed by atoms with Crippen molar-refractivity contribution in [2.45, 2.75) is 51.4 Å². The van der Waals surface area contributed by atoms with E-state index in [2.05, 4.69) is 45.9 Å². The van der Waals surface area contributed by atoms with Crippen LogP contribution in [-0.2, 0) is 10.8 Å². The van der Waals surface area contributed by atoms with Gasteiger partial charge in [-0.25, -0.2) is 0 Å². The van der Waals surface area contributed by atoms with E-state index < -0.39 is 0 Å². The molecule has 1 saturated carbocycles. The van der Waals surface area contributed by atoms with Crippen LogP contribution in [0, 0.1) is 6.92 Å². The summed E-state index contributed by atoms with van der Waals surface area (Å²) in [6.07, 6.45) is 2.53. The van der Waals surface area contributed by atoms with Gasteiger partial charge in [-0.2, -0.15) is 0 Å². The van der Waals surface area contributed by atoms with Gasteiger partial charge in [0.15, 0.2) is 0 Å². The van der Waals surface area contributed by atoms with Crippen LogP contribution in [0.15, 0.2) is 18.2 Å². The van der Waals surface area contributed by atoms with Crippen LogP contribution in [0.5, 0.6) is 0 Å². The second-order valence-corrected chi connectivity index (χ2v) is 6.26. The van der Waals surface area contributed by atoms with E-state index in [0.29, 0.717) is 5.41 Å². The smallest absolute Gasteiger partial charge is 0.00788 e. The molecule has 0 saturated heterocycles. The minimum Gasteiger partial charge on any atom is -0.330 e. The Morgan fingerprint density at radius 1 is 1.25 bits per heavy atom. The van der Waals surface area contributed by atoms with Gasteiger partial charge in [-0.3, -0.25) is 0 Å². The van der Waals surface area contributed by atoms with E-state index >= 15 is 0 Å². The monoisotopic (exact) mass is 217 g/mol. The summed E-state index contributed by atoms with van der Waals surface area (Å²) in [6.45, 7) is 9.80. The van der Waals surface area contributed by atoms with Gasteiger partial charge in [0, 0.05) is 12.0 Å². The number of hydrogen-bond acceptors (Lipinski definition) is 1. The van der Waals surface area contributed by atoms with Crippen molar-refractivity contribution in [3.8, 4) is 0 Å². The van der Waals surface area contributed by atoms with Crippen LogP contribution in [-0.4, -0.2) is 6.54 Å². The summed E-state index contributed by atoms with van der Waals surface area (Å²) in [5, 5.41) is 0.